The maximum Gasteiger partial charge on any atom is 0.341 e. The third-order valence-corrected chi connectivity index (χ3v) is 3.38. The van der Waals surface area contributed by atoms with E-state index in [0.29, 0.717) is 5.69 Å². The number of carbonyl (C=O) groups is 1. The van der Waals surface area contributed by atoms with Crippen LogP contribution in [0.2, 0.25) is 0 Å². The van der Waals surface area contributed by atoms with Gasteiger partial charge in [0.1, 0.15) is 11.3 Å². The summed E-state index contributed by atoms with van der Waals surface area (Å²) in [5.74, 6) is -0.763. The standard InChI is InChI=1S/C17H15N3O3/c1-2-23-17(22)14-9-8-13(12-6-4-3-5-7-12)15(16(14)21)20-11-10-18-19-20/h3-11,21H,2H2,1H3. The number of nitrogens with zero attached hydrogens (tertiary/aromatic N) is 3. The molecule has 0 saturated carbocycles. The number of hydrogen-bond acceptors (Lipinski definition) is 5. The summed E-state index contributed by atoms with van der Waals surface area (Å²) in [7, 11) is 0. The Hall–Kier alpha value is -3.15. The molecule has 1 N–H and O–H groups in total. The molecule has 0 saturated heterocycles. The second-order valence-corrected chi connectivity index (χ2v) is 4.79. The second kappa shape index (κ2) is 6.31. The van der Waals surface area contributed by atoms with Gasteiger partial charge < -0.3 is 9.84 Å². The number of aromatic hydroxyl groups is 1. The fourth-order valence-corrected chi connectivity index (χ4v) is 2.36. The van der Waals surface area contributed by atoms with Crippen molar-refractivity contribution in [3.05, 3.63) is 60.4 Å². The largest absolute Gasteiger partial charge is 0.505 e. The van der Waals surface area contributed by atoms with Crippen LogP contribution in [0, 0.1) is 0 Å². The van der Waals surface area contributed by atoms with Gasteiger partial charge in [0.2, 0.25) is 0 Å². The molecule has 23 heavy (non-hydrogen) atoms. The molecule has 0 spiro atoms. The highest BCUT2D eigenvalue weighted by atomic mass is 16.5. The predicted octanol–water partition coefficient (Wildman–Crippen LogP) is 2.82. The van der Waals surface area contributed by atoms with Crippen molar-refractivity contribution in [3.8, 4) is 22.6 Å². The lowest BCUT2D eigenvalue weighted by molar-refractivity contribution is 0.0523. The third kappa shape index (κ3) is 2.78. The van der Waals surface area contributed by atoms with Crippen molar-refractivity contribution < 1.29 is 14.6 Å². The van der Waals surface area contributed by atoms with Crippen molar-refractivity contribution in [2.75, 3.05) is 6.61 Å². The minimum absolute atomic E-state index is 0.0945. The Morgan fingerprint density at radius 3 is 2.65 bits per heavy atom. The molecule has 3 aromatic rings. The quantitative estimate of drug-likeness (QED) is 0.750. The zero-order chi connectivity index (χ0) is 16.2. The Balaban J connectivity index is 2.22. The van der Waals surface area contributed by atoms with Gasteiger partial charge in [-0.15, -0.1) is 5.10 Å². The Morgan fingerprint density at radius 2 is 2.00 bits per heavy atom. The van der Waals surface area contributed by atoms with Crippen molar-refractivity contribution in [3.63, 3.8) is 0 Å². The Kier molecular flexibility index (Phi) is 4.05. The van der Waals surface area contributed by atoms with Gasteiger partial charge in [0, 0.05) is 5.56 Å². The number of esters is 1. The van der Waals surface area contributed by atoms with E-state index in [1.54, 1.807) is 25.3 Å². The van der Waals surface area contributed by atoms with Gasteiger partial charge in [0.25, 0.3) is 0 Å². The molecule has 0 fully saturated rings. The summed E-state index contributed by atoms with van der Waals surface area (Å²) in [4.78, 5) is 12.0. The number of ether oxygens (including phenoxy) is 1. The summed E-state index contributed by atoms with van der Waals surface area (Å²) < 4.78 is 6.41. The topological polar surface area (TPSA) is 77.2 Å². The SMILES string of the molecule is CCOC(=O)c1ccc(-c2ccccc2)c(-n2ccnn2)c1O. The normalized spacial score (nSPS) is 10.5. The molecule has 6 nitrogen and oxygen atoms in total. The molecule has 0 aliphatic heterocycles. The van der Waals surface area contributed by atoms with Crippen LogP contribution in [0.5, 0.6) is 5.75 Å². The molecule has 1 aromatic heterocycles. The van der Waals surface area contributed by atoms with Crippen LogP contribution in [0.3, 0.4) is 0 Å². The highest BCUT2D eigenvalue weighted by molar-refractivity contribution is 5.96. The van der Waals surface area contributed by atoms with Crippen molar-refractivity contribution in [1.82, 2.24) is 15.0 Å². The summed E-state index contributed by atoms with van der Waals surface area (Å²) in [6.45, 7) is 1.95. The molecule has 116 valence electrons. The van der Waals surface area contributed by atoms with Gasteiger partial charge in [-0.1, -0.05) is 41.6 Å². The second-order valence-electron chi connectivity index (χ2n) is 4.79. The molecule has 0 amide bonds. The minimum Gasteiger partial charge on any atom is -0.505 e. The Morgan fingerprint density at radius 1 is 1.22 bits per heavy atom. The van der Waals surface area contributed by atoms with Gasteiger partial charge >= 0.3 is 5.97 Å². The van der Waals surface area contributed by atoms with Crippen LogP contribution < -0.4 is 0 Å². The van der Waals surface area contributed by atoms with Gasteiger partial charge in [0.05, 0.1) is 19.0 Å². The average Bonchev–Trinajstić information content (AvgIpc) is 3.09. The minimum atomic E-state index is -0.578. The molecule has 2 aromatic carbocycles. The monoisotopic (exact) mass is 309 g/mol. The lowest BCUT2D eigenvalue weighted by Gasteiger charge is -2.14. The van der Waals surface area contributed by atoms with Gasteiger partial charge in [0.15, 0.2) is 5.75 Å². The number of aromatic nitrogens is 3. The van der Waals surface area contributed by atoms with Gasteiger partial charge in [-0.3, -0.25) is 0 Å². The van der Waals surface area contributed by atoms with Crippen molar-refractivity contribution >= 4 is 5.97 Å². The van der Waals surface area contributed by atoms with Crippen LogP contribution in [0.4, 0.5) is 0 Å². The summed E-state index contributed by atoms with van der Waals surface area (Å²) in [5, 5.41) is 18.3. The maximum atomic E-state index is 12.0. The van der Waals surface area contributed by atoms with Crippen LogP contribution in [0.1, 0.15) is 17.3 Å². The Labute approximate surface area is 133 Å². The molecule has 0 aliphatic carbocycles. The molecule has 0 radical (unpaired) electrons. The van der Waals surface area contributed by atoms with E-state index in [9.17, 15) is 9.90 Å². The van der Waals surface area contributed by atoms with Crippen LogP contribution in [0.15, 0.2) is 54.9 Å². The highest BCUT2D eigenvalue weighted by Crippen LogP contribution is 2.36. The van der Waals surface area contributed by atoms with Crippen LogP contribution in [-0.4, -0.2) is 32.7 Å². The first kappa shape index (κ1) is 14.8. The van der Waals surface area contributed by atoms with Gasteiger partial charge in [-0.25, -0.2) is 9.48 Å². The fraction of sp³-hybridized carbons (Fsp3) is 0.118. The molecule has 0 aliphatic rings. The molecule has 0 unspecified atom stereocenters. The number of carbonyl (C=O) groups excluding carboxylic acids is 1. The van der Waals surface area contributed by atoms with Crippen molar-refractivity contribution in [2.45, 2.75) is 6.92 Å². The van der Waals surface area contributed by atoms with Gasteiger partial charge in [-0.2, -0.15) is 0 Å². The highest BCUT2D eigenvalue weighted by Gasteiger charge is 2.21. The molecule has 6 heteroatoms. The van der Waals surface area contributed by atoms with E-state index in [-0.39, 0.29) is 17.9 Å². The van der Waals surface area contributed by atoms with Crippen LogP contribution in [0.25, 0.3) is 16.8 Å². The molecule has 0 atom stereocenters. The van der Waals surface area contributed by atoms with E-state index in [1.807, 2.05) is 30.3 Å². The summed E-state index contributed by atoms with van der Waals surface area (Å²) in [6.07, 6.45) is 3.11. The van der Waals surface area contributed by atoms with Crippen LogP contribution >= 0.6 is 0 Å². The number of phenols is 1. The predicted molar refractivity (Wildman–Crippen MR) is 84.4 cm³/mol. The first-order valence-corrected chi connectivity index (χ1v) is 7.17. The molecule has 0 bridgehead atoms. The fourth-order valence-electron chi connectivity index (χ4n) is 2.36. The third-order valence-electron chi connectivity index (χ3n) is 3.38. The van der Waals surface area contributed by atoms with Gasteiger partial charge in [-0.05, 0) is 18.6 Å². The lowest BCUT2D eigenvalue weighted by Crippen LogP contribution is -2.08. The summed E-state index contributed by atoms with van der Waals surface area (Å²) in [5.41, 5.74) is 2.11. The number of phenolic OH excluding ortho intramolecular Hbond substituents is 1. The van der Waals surface area contributed by atoms with E-state index < -0.39 is 5.97 Å². The average molecular weight is 309 g/mol. The van der Waals surface area contributed by atoms with E-state index >= 15 is 0 Å². The molecule has 1 heterocycles. The lowest BCUT2D eigenvalue weighted by atomic mass is 10.0. The van der Waals surface area contributed by atoms with E-state index in [2.05, 4.69) is 10.3 Å². The summed E-state index contributed by atoms with van der Waals surface area (Å²) >= 11 is 0. The van der Waals surface area contributed by atoms with Crippen molar-refractivity contribution in [2.24, 2.45) is 0 Å². The first-order valence-electron chi connectivity index (χ1n) is 7.17. The smallest absolute Gasteiger partial charge is 0.341 e. The van der Waals surface area contributed by atoms with E-state index in [0.717, 1.165) is 11.1 Å². The zero-order valence-electron chi connectivity index (χ0n) is 12.5. The number of rotatable bonds is 4. The Bertz CT molecular complexity index is 815. The van der Waals surface area contributed by atoms with E-state index in [4.69, 9.17) is 4.74 Å². The maximum absolute atomic E-state index is 12.0. The van der Waals surface area contributed by atoms with E-state index in [1.165, 1.54) is 10.9 Å². The number of benzene rings is 2. The molecular weight excluding hydrogens is 294 g/mol. The molecule has 3 rings (SSSR count). The van der Waals surface area contributed by atoms with Crippen molar-refractivity contribution in [1.29, 1.82) is 0 Å². The number of hydrogen-bond donors (Lipinski definition) is 1. The first-order chi connectivity index (χ1) is 11.2. The zero-order valence-corrected chi connectivity index (χ0v) is 12.5. The molecular formula is C17H15N3O3. The van der Waals surface area contributed by atoms with Crippen LogP contribution in [-0.2, 0) is 4.74 Å². The summed E-state index contributed by atoms with van der Waals surface area (Å²) in [6, 6.07) is 12.9.